The maximum absolute atomic E-state index is 13.9. The minimum absolute atomic E-state index is 0.00312. The van der Waals surface area contributed by atoms with Crippen LogP contribution < -0.4 is 0 Å². The average Bonchev–Trinajstić information content (AvgIpc) is 3.26. The topological polar surface area (TPSA) is 74.8 Å². The van der Waals surface area contributed by atoms with E-state index in [1.165, 1.54) is 42.5 Å². The van der Waals surface area contributed by atoms with Crippen molar-refractivity contribution in [1.82, 2.24) is 10.0 Å². The second kappa shape index (κ2) is 9.82. The van der Waals surface area contributed by atoms with Gasteiger partial charge in [0.2, 0.25) is 0 Å². The van der Waals surface area contributed by atoms with Gasteiger partial charge in [0, 0.05) is 21.2 Å². The van der Waals surface area contributed by atoms with Crippen LogP contribution in [-0.4, -0.2) is 54.1 Å². The molecule has 2 aliphatic carbocycles. The Balaban J connectivity index is 1.60. The van der Waals surface area contributed by atoms with Crippen molar-refractivity contribution < 1.29 is 19.2 Å². The van der Waals surface area contributed by atoms with Crippen LogP contribution in [0.5, 0.6) is 0 Å². The van der Waals surface area contributed by atoms with E-state index < -0.39 is 56.0 Å². The van der Waals surface area contributed by atoms with E-state index in [4.69, 9.17) is 104 Å². The molecule has 2 aromatic carbocycles. The van der Waals surface area contributed by atoms with Crippen molar-refractivity contribution in [3.8, 4) is 0 Å². The number of ketones is 1. The van der Waals surface area contributed by atoms with Crippen molar-refractivity contribution in [2.45, 2.75) is 14.1 Å². The van der Waals surface area contributed by atoms with Crippen LogP contribution in [0.2, 0.25) is 15.1 Å². The van der Waals surface area contributed by atoms with Crippen molar-refractivity contribution in [2.75, 3.05) is 6.54 Å². The van der Waals surface area contributed by atoms with Gasteiger partial charge in [0.25, 0.3) is 17.7 Å². The van der Waals surface area contributed by atoms with Gasteiger partial charge in [0.1, 0.15) is 16.3 Å². The zero-order valence-electron chi connectivity index (χ0n) is 18.8. The molecule has 1 saturated heterocycles. The quantitative estimate of drug-likeness (QED) is 0.185. The SMILES string of the molecule is O=C(CN(C(=O)c1ccc(Cl)cc1)N1C(=O)[C@@H]2[C@H](C1=O)[C@@]1(Cl)C(Cl)=C(Cl)[C@@]2(Cl)C1(Cl)Cl)c1ccc(Cl)cc1Cl. The van der Waals surface area contributed by atoms with E-state index in [1.54, 1.807) is 0 Å². The molecule has 3 aliphatic rings. The third kappa shape index (κ3) is 3.90. The van der Waals surface area contributed by atoms with E-state index >= 15 is 0 Å². The van der Waals surface area contributed by atoms with E-state index in [1.807, 2.05) is 0 Å². The van der Waals surface area contributed by atoms with Crippen LogP contribution in [0.15, 0.2) is 52.5 Å². The first kappa shape index (κ1) is 29.6. The number of carbonyl (C=O) groups excluding carboxylic acids is 4. The van der Waals surface area contributed by atoms with Crippen LogP contribution in [0.1, 0.15) is 20.7 Å². The third-order valence-corrected chi connectivity index (χ3v) is 12.0. The smallest absolute Gasteiger partial charge is 0.273 e. The van der Waals surface area contributed by atoms with E-state index in [-0.39, 0.29) is 31.2 Å². The summed E-state index contributed by atoms with van der Waals surface area (Å²) in [6.45, 7) is -0.786. The summed E-state index contributed by atoms with van der Waals surface area (Å²) in [5.74, 6) is -6.63. The van der Waals surface area contributed by atoms with Gasteiger partial charge in [-0.2, -0.15) is 5.01 Å². The van der Waals surface area contributed by atoms with Crippen LogP contribution in [-0.2, 0) is 9.59 Å². The summed E-state index contributed by atoms with van der Waals surface area (Å²) in [4.78, 5) is 50.6. The molecule has 2 aromatic rings. The molecule has 5 rings (SSSR count). The third-order valence-electron chi connectivity index (χ3n) is 6.98. The minimum atomic E-state index is -2.16. The lowest BCUT2D eigenvalue weighted by molar-refractivity contribution is -0.154. The highest BCUT2D eigenvalue weighted by atomic mass is 35.5. The number of alkyl halides is 4. The summed E-state index contributed by atoms with van der Waals surface area (Å²) in [6.07, 6.45) is 0. The van der Waals surface area contributed by atoms with Gasteiger partial charge in [-0.05, 0) is 42.5 Å². The molecule has 0 N–H and O–H groups in total. The number of imide groups is 1. The second-order valence-corrected chi connectivity index (χ2v) is 13.5. The molecule has 1 heterocycles. The van der Waals surface area contributed by atoms with Crippen molar-refractivity contribution >= 4 is 128 Å². The zero-order valence-corrected chi connectivity index (χ0v) is 25.6. The number of benzene rings is 2. The summed E-state index contributed by atoms with van der Waals surface area (Å²) in [7, 11) is 0. The summed E-state index contributed by atoms with van der Waals surface area (Å²) in [5.41, 5.74) is -0.000297. The Bertz CT molecular complexity index is 1470. The Kier molecular flexibility index (Phi) is 7.45. The lowest BCUT2D eigenvalue weighted by atomic mass is 9.84. The number of halogens is 9. The van der Waals surface area contributed by atoms with E-state index in [0.717, 1.165) is 0 Å². The van der Waals surface area contributed by atoms with Crippen LogP contribution >= 0.6 is 104 Å². The van der Waals surface area contributed by atoms with Gasteiger partial charge in [0.15, 0.2) is 10.1 Å². The van der Waals surface area contributed by atoms with Crippen molar-refractivity contribution in [2.24, 2.45) is 11.8 Å². The Morgan fingerprint density at radius 1 is 0.769 bits per heavy atom. The number of hydrazine groups is 1. The number of rotatable bonds is 5. The molecule has 15 heteroatoms. The molecule has 0 spiro atoms. The fourth-order valence-electron chi connectivity index (χ4n) is 5.13. The number of amides is 3. The summed E-state index contributed by atoms with van der Waals surface area (Å²) in [5, 5.41) is 1.17. The lowest BCUT2D eigenvalue weighted by Crippen LogP contribution is -2.56. The highest BCUT2D eigenvalue weighted by molar-refractivity contribution is 6.66. The molecule has 2 bridgehead atoms. The highest BCUT2D eigenvalue weighted by Crippen LogP contribution is 2.77. The predicted molar refractivity (Wildman–Crippen MR) is 152 cm³/mol. The number of hydrogen-bond acceptors (Lipinski definition) is 4. The molecule has 1 aliphatic heterocycles. The standard InChI is InChI=1S/C24H11Cl9N2O4/c25-10-3-1-9(2-4-10)19(37)34(8-14(36)12-6-5-11(26)7-13(12)27)35-20(38)15-16(21(35)39)23(31)18(29)17(28)22(15,30)24(23,32)33/h1-7,15-16H,8H2/t15-,16+,22-,23-/m1/s1. The second-order valence-electron chi connectivity index (χ2n) is 8.99. The van der Waals surface area contributed by atoms with Gasteiger partial charge < -0.3 is 0 Å². The van der Waals surface area contributed by atoms with Gasteiger partial charge in [-0.15, -0.1) is 23.2 Å². The molecular weight excluding hydrogens is 699 g/mol. The molecule has 0 unspecified atom stereocenters. The van der Waals surface area contributed by atoms with Crippen LogP contribution in [0.3, 0.4) is 0 Å². The van der Waals surface area contributed by atoms with Crippen LogP contribution in [0.4, 0.5) is 0 Å². The Morgan fingerprint density at radius 3 is 1.74 bits per heavy atom. The number of carbonyl (C=O) groups is 4. The number of fused-ring (bicyclic) bond motifs is 5. The van der Waals surface area contributed by atoms with Gasteiger partial charge >= 0.3 is 0 Å². The summed E-state index contributed by atoms with van der Waals surface area (Å²) < 4.78 is -2.16. The van der Waals surface area contributed by atoms with Crippen molar-refractivity contribution in [1.29, 1.82) is 0 Å². The van der Waals surface area contributed by atoms with Gasteiger partial charge in [-0.25, -0.2) is 5.01 Å². The average molecular weight is 710 g/mol. The van der Waals surface area contributed by atoms with Crippen LogP contribution in [0, 0.1) is 11.8 Å². The normalized spacial score (nSPS) is 28.8. The molecule has 0 radical (unpaired) electrons. The first-order chi connectivity index (χ1) is 18.1. The van der Waals surface area contributed by atoms with E-state index in [0.29, 0.717) is 15.0 Å². The van der Waals surface area contributed by atoms with Gasteiger partial charge in [-0.3, -0.25) is 19.2 Å². The molecule has 39 heavy (non-hydrogen) atoms. The highest BCUT2D eigenvalue weighted by Gasteiger charge is 2.88. The number of allylic oxidation sites excluding steroid dienone is 2. The maximum Gasteiger partial charge on any atom is 0.273 e. The minimum Gasteiger partial charge on any atom is -0.292 e. The zero-order chi connectivity index (χ0) is 28.8. The monoisotopic (exact) mass is 706 g/mol. The molecule has 1 saturated carbocycles. The Morgan fingerprint density at radius 2 is 1.26 bits per heavy atom. The number of Topliss-reactive ketones (excluding diaryl/α,β-unsaturated/α-hetero) is 1. The molecule has 4 atom stereocenters. The molecule has 2 fully saturated rings. The number of hydrogen-bond donors (Lipinski definition) is 0. The van der Waals surface area contributed by atoms with Crippen molar-refractivity contribution in [3.63, 3.8) is 0 Å². The Hall–Kier alpha value is -0.930. The maximum atomic E-state index is 13.9. The molecule has 6 nitrogen and oxygen atoms in total. The van der Waals surface area contributed by atoms with E-state index in [2.05, 4.69) is 0 Å². The van der Waals surface area contributed by atoms with Gasteiger partial charge in [0.05, 0.1) is 26.9 Å². The summed E-state index contributed by atoms with van der Waals surface area (Å²) in [6, 6.07) is 9.67. The molecule has 204 valence electrons. The van der Waals surface area contributed by atoms with E-state index in [9.17, 15) is 19.2 Å². The predicted octanol–water partition coefficient (Wildman–Crippen LogP) is 7.33. The molecule has 3 amide bonds. The Labute approximate surface area is 266 Å². The van der Waals surface area contributed by atoms with Crippen LogP contribution in [0.25, 0.3) is 0 Å². The number of nitrogens with zero attached hydrogens (tertiary/aromatic N) is 2. The lowest BCUT2D eigenvalue weighted by Gasteiger charge is -2.36. The fraction of sp³-hybridized carbons (Fsp3) is 0.250. The largest absolute Gasteiger partial charge is 0.292 e. The van der Waals surface area contributed by atoms with Crippen molar-refractivity contribution in [3.05, 3.63) is 78.7 Å². The molecule has 0 aromatic heterocycles. The molecular formula is C24H11Cl9N2O4. The fourth-order valence-corrected chi connectivity index (χ4v) is 8.70. The van der Waals surface area contributed by atoms with Gasteiger partial charge in [-0.1, -0.05) is 81.2 Å². The first-order valence-corrected chi connectivity index (χ1v) is 14.3. The first-order valence-electron chi connectivity index (χ1n) is 10.9. The summed E-state index contributed by atoms with van der Waals surface area (Å²) >= 11 is 57.4.